The maximum absolute atomic E-state index is 11.9. The average Bonchev–Trinajstić information content (AvgIpc) is 3.12. The molecule has 1 saturated carbocycles. The summed E-state index contributed by atoms with van der Waals surface area (Å²) in [6.45, 7) is 3.45. The van der Waals surface area contributed by atoms with Crippen LogP contribution in [0.3, 0.4) is 0 Å². The molecule has 0 bridgehead atoms. The molecular weight excluding hydrogens is 298 g/mol. The Morgan fingerprint density at radius 1 is 1.61 bits per heavy atom. The molecule has 1 fully saturated rings. The highest BCUT2D eigenvalue weighted by atomic mass is 79.9. The third kappa shape index (κ3) is 2.75. The molecule has 0 unspecified atom stereocenters. The molecule has 2 rings (SSSR count). The van der Waals surface area contributed by atoms with Crippen LogP contribution in [0.5, 0.6) is 0 Å². The molecule has 2 N–H and O–H groups in total. The summed E-state index contributed by atoms with van der Waals surface area (Å²) >= 11 is 3.31. The maximum Gasteiger partial charge on any atom is 0.283 e. The zero-order valence-corrected chi connectivity index (χ0v) is 12.0. The number of rotatable bonds is 6. The quantitative estimate of drug-likeness (QED) is 0.836. The Balaban J connectivity index is 2.06. The summed E-state index contributed by atoms with van der Waals surface area (Å²) < 4.78 is 1.94. The second-order valence-corrected chi connectivity index (χ2v) is 5.61. The lowest BCUT2D eigenvalue weighted by Gasteiger charge is -2.16. The van der Waals surface area contributed by atoms with Crippen LogP contribution in [0.25, 0.3) is 0 Å². The van der Waals surface area contributed by atoms with Gasteiger partial charge >= 0.3 is 0 Å². The molecule has 0 saturated heterocycles. The van der Waals surface area contributed by atoms with Crippen LogP contribution < -0.4 is 10.9 Å². The van der Waals surface area contributed by atoms with E-state index >= 15 is 0 Å². The molecule has 1 aliphatic rings. The van der Waals surface area contributed by atoms with Crippen LogP contribution in [0.4, 0.5) is 5.69 Å². The number of anilines is 1. The number of aliphatic hydroxyl groups excluding tert-OH is 1. The number of aromatic nitrogens is 2. The lowest BCUT2D eigenvalue weighted by molar-refractivity contribution is 0.253. The van der Waals surface area contributed by atoms with E-state index in [1.165, 1.54) is 4.68 Å². The normalized spacial score (nSPS) is 16.6. The van der Waals surface area contributed by atoms with Gasteiger partial charge in [0.25, 0.3) is 5.56 Å². The van der Waals surface area contributed by atoms with E-state index in [-0.39, 0.29) is 17.6 Å². The monoisotopic (exact) mass is 315 g/mol. The molecule has 5 nitrogen and oxygen atoms in total. The largest absolute Gasteiger partial charge is 0.396 e. The molecule has 0 radical (unpaired) electrons. The summed E-state index contributed by atoms with van der Waals surface area (Å²) in [5, 5.41) is 16.3. The first kappa shape index (κ1) is 13.5. The molecule has 1 aromatic rings. The van der Waals surface area contributed by atoms with E-state index in [0.717, 1.165) is 31.5 Å². The first-order chi connectivity index (χ1) is 8.62. The van der Waals surface area contributed by atoms with Crippen molar-refractivity contribution in [1.82, 2.24) is 9.78 Å². The van der Waals surface area contributed by atoms with Gasteiger partial charge in [-0.25, -0.2) is 4.68 Å². The van der Waals surface area contributed by atoms with Gasteiger partial charge in [-0.1, -0.05) is 0 Å². The Hall–Kier alpha value is -0.880. The van der Waals surface area contributed by atoms with Crippen molar-refractivity contribution in [3.8, 4) is 0 Å². The van der Waals surface area contributed by atoms with Crippen LogP contribution in [-0.4, -0.2) is 28.0 Å². The van der Waals surface area contributed by atoms with Crippen molar-refractivity contribution in [2.24, 2.45) is 5.41 Å². The lowest BCUT2D eigenvalue weighted by Crippen LogP contribution is -2.25. The molecule has 100 valence electrons. The van der Waals surface area contributed by atoms with E-state index in [1.807, 2.05) is 6.92 Å². The summed E-state index contributed by atoms with van der Waals surface area (Å²) in [5.41, 5.74) is 0.830. The number of halogens is 1. The van der Waals surface area contributed by atoms with Gasteiger partial charge in [-0.2, -0.15) is 5.10 Å². The molecule has 1 heterocycles. The fourth-order valence-electron chi connectivity index (χ4n) is 2.03. The Labute approximate surface area is 114 Å². The number of nitrogens with zero attached hydrogens (tertiary/aromatic N) is 2. The summed E-state index contributed by atoms with van der Waals surface area (Å²) in [6, 6.07) is 0. The molecule has 1 aromatic heterocycles. The maximum atomic E-state index is 11.9. The Kier molecular flexibility index (Phi) is 4.07. The predicted octanol–water partition coefficient (Wildman–Crippen LogP) is 1.60. The Bertz CT molecular complexity index is 483. The zero-order chi connectivity index (χ0) is 13.2. The molecule has 0 aromatic carbocycles. The van der Waals surface area contributed by atoms with Crippen molar-refractivity contribution in [1.29, 1.82) is 0 Å². The fourth-order valence-corrected chi connectivity index (χ4v) is 2.47. The predicted molar refractivity (Wildman–Crippen MR) is 73.7 cm³/mol. The van der Waals surface area contributed by atoms with E-state index in [1.54, 1.807) is 6.20 Å². The van der Waals surface area contributed by atoms with Gasteiger partial charge in [0.05, 0.1) is 11.9 Å². The second-order valence-electron chi connectivity index (χ2n) is 4.82. The SMILES string of the molecule is CCn1ncc(NCC2(CCO)CC2)c(Br)c1=O. The third-order valence-corrected chi connectivity index (χ3v) is 4.30. The van der Waals surface area contributed by atoms with Crippen LogP contribution in [0.15, 0.2) is 15.5 Å². The van der Waals surface area contributed by atoms with E-state index in [9.17, 15) is 4.79 Å². The Morgan fingerprint density at radius 3 is 2.89 bits per heavy atom. The fraction of sp³-hybridized carbons (Fsp3) is 0.667. The van der Waals surface area contributed by atoms with Crippen molar-refractivity contribution in [3.05, 3.63) is 21.0 Å². The first-order valence-corrected chi connectivity index (χ1v) is 7.01. The molecular formula is C12H18BrN3O2. The van der Waals surface area contributed by atoms with Crippen molar-refractivity contribution in [2.75, 3.05) is 18.5 Å². The highest BCUT2D eigenvalue weighted by molar-refractivity contribution is 9.10. The van der Waals surface area contributed by atoms with E-state index < -0.39 is 0 Å². The number of nitrogens with one attached hydrogen (secondary N) is 1. The van der Waals surface area contributed by atoms with Crippen LogP contribution in [0.1, 0.15) is 26.2 Å². The molecule has 6 heteroatoms. The first-order valence-electron chi connectivity index (χ1n) is 6.22. The molecule has 1 aliphatic carbocycles. The van der Waals surface area contributed by atoms with Crippen LogP contribution >= 0.6 is 15.9 Å². The standard InChI is InChI=1S/C12H18BrN3O2/c1-2-16-11(18)10(13)9(7-15-16)14-8-12(3-4-12)5-6-17/h7,14,17H,2-6,8H2,1H3. The van der Waals surface area contributed by atoms with Gasteiger partial charge in [-0.15, -0.1) is 0 Å². The molecule has 0 amide bonds. The highest BCUT2D eigenvalue weighted by Crippen LogP contribution is 2.48. The van der Waals surface area contributed by atoms with Crippen molar-refractivity contribution < 1.29 is 5.11 Å². The minimum absolute atomic E-state index is 0.116. The van der Waals surface area contributed by atoms with E-state index in [0.29, 0.717) is 11.0 Å². The van der Waals surface area contributed by atoms with Gasteiger partial charge in [0.15, 0.2) is 0 Å². The Morgan fingerprint density at radius 2 is 2.33 bits per heavy atom. The summed E-state index contributed by atoms with van der Waals surface area (Å²) in [5.74, 6) is 0. The van der Waals surface area contributed by atoms with Gasteiger partial charge in [0.1, 0.15) is 4.47 Å². The topological polar surface area (TPSA) is 67.2 Å². The molecule has 0 aliphatic heterocycles. The van der Waals surface area contributed by atoms with Gasteiger partial charge in [-0.05, 0) is 47.5 Å². The average molecular weight is 316 g/mol. The van der Waals surface area contributed by atoms with Gasteiger partial charge in [0, 0.05) is 19.7 Å². The highest BCUT2D eigenvalue weighted by Gasteiger charge is 2.41. The van der Waals surface area contributed by atoms with Gasteiger partial charge in [-0.3, -0.25) is 4.79 Å². The number of aliphatic hydroxyl groups is 1. The zero-order valence-electron chi connectivity index (χ0n) is 10.4. The van der Waals surface area contributed by atoms with Crippen molar-refractivity contribution >= 4 is 21.6 Å². The smallest absolute Gasteiger partial charge is 0.283 e. The van der Waals surface area contributed by atoms with E-state index in [2.05, 4.69) is 26.3 Å². The van der Waals surface area contributed by atoms with Crippen LogP contribution in [-0.2, 0) is 6.54 Å². The summed E-state index contributed by atoms with van der Waals surface area (Å²) in [4.78, 5) is 11.9. The number of hydrogen-bond acceptors (Lipinski definition) is 4. The van der Waals surface area contributed by atoms with Gasteiger partial charge < -0.3 is 10.4 Å². The number of hydrogen-bond donors (Lipinski definition) is 2. The van der Waals surface area contributed by atoms with Crippen LogP contribution in [0.2, 0.25) is 0 Å². The lowest BCUT2D eigenvalue weighted by atomic mass is 10.0. The molecule has 18 heavy (non-hydrogen) atoms. The van der Waals surface area contributed by atoms with Gasteiger partial charge in [0.2, 0.25) is 0 Å². The van der Waals surface area contributed by atoms with Crippen LogP contribution in [0, 0.1) is 5.41 Å². The summed E-state index contributed by atoms with van der Waals surface area (Å²) in [6.07, 6.45) is 4.76. The summed E-state index contributed by atoms with van der Waals surface area (Å²) in [7, 11) is 0. The second kappa shape index (κ2) is 5.40. The van der Waals surface area contributed by atoms with Crippen molar-refractivity contribution in [3.63, 3.8) is 0 Å². The minimum atomic E-state index is -0.116. The molecule has 0 atom stereocenters. The minimum Gasteiger partial charge on any atom is -0.396 e. The number of aryl methyl sites for hydroxylation is 1. The van der Waals surface area contributed by atoms with E-state index in [4.69, 9.17) is 5.11 Å². The van der Waals surface area contributed by atoms with Crippen molar-refractivity contribution in [2.45, 2.75) is 32.7 Å². The molecule has 0 spiro atoms. The third-order valence-electron chi connectivity index (χ3n) is 3.54.